The third-order valence-corrected chi connectivity index (χ3v) is 8.22. The fourth-order valence-corrected chi connectivity index (χ4v) is 5.88. The molecular formula is C34H41N4O6P. The first kappa shape index (κ1) is 33.8. The molecule has 1 fully saturated rings. The second-order valence-corrected chi connectivity index (χ2v) is 11.6. The summed E-state index contributed by atoms with van der Waals surface area (Å²) in [5.74, 6) is 2.80. The molecule has 2 heterocycles. The number of anilines is 2. The Labute approximate surface area is 265 Å². The number of para-hydroxylation sites is 1. The topological polar surface area (TPSA) is 133 Å². The number of amides is 1. The highest BCUT2D eigenvalue weighted by molar-refractivity contribution is 7.39. The van der Waals surface area contributed by atoms with Crippen molar-refractivity contribution < 1.29 is 28.6 Å². The lowest BCUT2D eigenvalue weighted by Gasteiger charge is -2.25. The predicted molar refractivity (Wildman–Crippen MR) is 179 cm³/mol. The molecule has 238 valence electrons. The smallest absolute Gasteiger partial charge is 0.328 e. The Hall–Kier alpha value is -4.08. The lowest BCUT2D eigenvalue weighted by Crippen LogP contribution is -2.37. The molecule has 1 aliphatic heterocycles. The maximum absolute atomic E-state index is 13.1. The van der Waals surface area contributed by atoms with Gasteiger partial charge < -0.3 is 34.9 Å². The SMILES string of the molecule is CC.CNc1ncc(/C=C/C(=O)N2CC3C=C(c4ccc(Oc5ccccc5)cc4)CC3C2)cc1NC[C@](C)(C=O)OP(O)O. The van der Waals surface area contributed by atoms with Crippen molar-refractivity contribution in [1.82, 2.24) is 9.88 Å². The summed E-state index contributed by atoms with van der Waals surface area (Å²) in [6.45, 7) is 6.82. The van der Waals surface area contributed by atoms with Crippen LogP contribution >= 0.6 is 8.60 Å². The molecule has 1 amide bonds. The van der Waals surface area contributed by atoms with Crippen LogP contribution in [0.4, 0.5) is 11.5 Å². The standard InChI is InChI=1S/C32H35N4O6P.C2H6/c1-32(21-37,42-43(39)40)20-35-29-14-22(17-34-31(29)33-2)8-13-30(38)36-18-25-15-24(16-26(25)19-36)23-9-11-28(12-10-23)41-27-6-4-3-5-7-27;1-2/h3-15,17,21,25-26,35,39-40H,16,18-20H2,1-2H3,(H,33,34);1-2H3/b13-8+;/t25?,26?,32-;/m1./s1. The summed E-state index contributed by atoms with van der Waals surface area (Å²) in [7, 11) is -0.991. The van der Waals surface area contributed by atoms with E-state index < -0.39 is 14.2 Å². The van der Waals surface area contributed by atoms with Crippen LogP contribution in [0.1, 0.15) is 38.3 Å². The number of aldehydes is 1. The molecule has 2 aliphatic rings. The van der Waals surface area contributed by atoms with E-state index in [1.54, 1.807) is 31.5 Å². The van der Waals surface area contributed by atoms with Gasteiger partial charge in [0, 0.05) is 32.4 Å². The number of rotatable bonds is 12. The number of carbonyl (C=O) groups excluding carboxylic acids is 2. The van der Waals surface area contributed by atoms with Crippen molar-refractivity contribution in [3.05, 3.63) is 90.1 Å². The number of carbonyl (C=O) groups is 2. The van der Waals surface area contributed by atoms with Crippen LogP contribution in [0.25, 0.3) is 11.6 Å². The van der Waals surface area contributed by atoms with Gasteiger partial charge in [-0.25, -0.2) is 4.98 Å². The second-order valence-electron chi connectivity index (χ2n) is 10.9. The average Bonchev–Trinajstić information content (AvgIpc) is 3.64. The van der Waals surface area contributed by atoms with Gasteiger partial charge in [0.25, 0.3) is 0 Å². The molecular weight excluding hydrogens is 591 g/mol. The second kappa shape index (κ2) is 15.8. The van der Waals surface area contributed by atoms with Crippen molar-refractivity contribution in [3.63, 3.8) is 0 Å². The number of pyridine rings is 1. The summed E-state index contributed by atoms with van der Waals surface area (Å²) in [6.07, 6.45) is 8.66. The molecule has 0 saturated carbocycles. The highest BCUT2D eigenvalue weighted by Gasteiger charge is 2.37. The number of ether oxygens (including phenoxy) is 1. The number of aromatic nitrogens is 1. The largest absolute Gasteiger partial charge is 0.457 e. The maximum Gasteiger partial charge on any atom is 0.328 e. The zero-order valence-corrected chi connectivity index (χ0v) is 26.9. The monoisotopic (exact) mass is 632 g/mol. The predicted octanol–water partition coefficient (Wildman–Crippen LogP) is 6.11. The van der Waals surface area contributed by atoms with E-state index in [-0.39, 0.29) is 12.5 Å². The van der Waals surface area contributed by atoms with Crippen LogP contribution in [0.5, 0.6) is 11.5 Å². The summed E-state index contributed by atoms with van der Waals surface area (Å²) < 4.78 is 10.9. The van der Waals surface area contributed by atoms with Gasteiger partial charge in [0.2, 0.25) is 5.91 Å². The Morgan fingerprint density at radius 3 is 2.47 bits per heavy atom. The molecule has 0 radical (unpaired) electrons. The summed E-state index contributed by atoms with van der Waals surface area (Å²) in [5, 5.41) is 6.04. The van der Waals surface area contributed by atoms with Gasteiger partial charge >= 0.3 is 8.60 Å². The molecule has 3 atom stereocenters. The summed E-state index contributed by atoms with van der Waals surface area (Å²) in [4.78, 5) is 49.1. The van der Waals surface area contributed by atoms with Crippen molar-refractivity contribution in [2.24, 2.45) is 11.8 Å². The molecule has 0 bridgehead atoms. The number of hydrogen-bond donors (Lipinski definition) is 4. The number of likely N-dealkylation sites (tertiary alicyclic amines) is 1. The fraction of sp³-hybridized carbons (Fsp3) is 0.324. The van der Waals surface area contributed by atoms with Crippen molar-refractivity contribution in [3.8, 4) is 11.5 Å². The summed E-state index contributed by atoms with van der Waals surface area (Å²) in [5.41, 5.74) is 2.32. The summed E-state index contributed by atoms with van der Waals surface area (Å²) in [6, 6.07) is 19.7. The molecule has 1 aliphatic carbocycles. The average molecular weight is 633 g/mol. The molecule has 10 nitrogen and oxygen atoms in total. The molecule has 1 aromatic heterocycles. The Balaban J connectivity index is 0.00000226. The highest BCUT2D eigenvalue weighted by Crippen LogP contribution is 2.41. The molecule has 1 saturated heterocycles. The van der Waals surface area contributed by atoms with E-state index in [1.165, 1.54) is 18.1 Å². The number of nitrogens with zero attached hydrogens (tertiary/aromatic N) is 2. The molecule has 0 spiro atoms. The molecule has 5 rings (SSSR count). The van der Waals surface area contributed by atoms with E-state index in [2.05, 4.69) is 33.8 Å². The Bertz CT molecular complexity index is 1500. The van der Waals surface area contributed by atoms with Gasteiger partial charge in [0.1, 0.15) is 22.9 Å². The lowest BCUT2D eigenvalue weighted by atomic mass is 9.98. The van der Waals surface area contributed by atoms with Crippen LogP contribution in [0.2, 0.25) is 0 Å². The van der Waals surface area contributed by atoms with E-state index in [4.69, 9.17) is 9.26 Å². The van der Waals surface area contributed by atoms with E-state index in [0.29, 0.717) is 48.3 Å². The third-order valence-electron chi connectivity index (χ3n) is 7.64. The molecule has 2 aromatic carbocycles. The minimum absolute atomic E-state index is 0.0173. The van der Waals surface area contributed by atoms with Gasteiger partial charge in [-0.05, 0) is 78.3 Å². The quantitative estimate of drug-likeness (QED) is 0.106. The van der Waals surface area contributed by atoms with E-state index in [1.807, 2.05) is 61.2 Å². The molecule has 4 N–H and O–H groups in total. The third kappa shape index (κ3) is 8.99. The minimum Gasteiger partial charge on any atom is -0.457 e. The fourth-order valence-electron chi connectivity index (χ4n) is 5.40. The highest BCUT2D eigenvalue weighted by atomic mass is 31.2. The van der Waals surface area contributed by atoms with Crippen LogP contribution in [-0.4, -0.2) is 64.1 Å². The molecule has 45 heavy (non-hydrogen) atoms. The van der Waals surface area contributed by atoms with Crippen LogP contribution in [0.3, 0.4) is 0 Å². The van der Waals surface area contributed by atoms with Crippen molar-refractivity contribution in [1.29, 1.82) is 0 Å². The normalized spacial score (nSPS) is 18.5. The molecule has 2 unspecified atom stereocenters. The number of hydrogen-bond acceptors (Lipinski definition) is 9. The first-order valence-electron chi connectivity index (χ1n) is 15.0. The Morgan fingerprint density at radius 1 is 1.11 bits per heavy atom. The maximum atomic E-state index is 13.1. The van der Waals surface area contributed by atoms with Crippen molar-refractivity contribution >= 4 is 44.0 Å². The van der Waals surface area contributed by atoms with E-state index >= 15 is 0 Å². The van der Waals surface area contributed by atoms with Crippen LogP contribution in [0.15, 0.2) is 79.0 Å². The van der Waals surface area contributed by atoms with Gasteiger partial charge in [-0.1, -0.05) is 50.3 Å². The van der Waals surface area contributed by atoms with Crippen LogP contribution in [-0.2, 0) is 14.1 Å². The van der Waals surface area contributed by atoms with Crippen LogP contribution < -0.4 is 15.4 Å². The summed E-state index contributed by atoms with van der Waals surface area (Å²) >= 11 is 0. The minimum atomic E-state index is -2.70. The Morgan fingerprint density at radius 2 is 1.82 bits per heavy atom. The van der Waals surface area contributed by atoms with Gasteiger partial charge in [-0.3, -0.25) is 9.32 Å². The first-order chi connectivity index (χ1) is 21.7. The van der Waals surface area contributed by atoms with Gasteiger partial charge in [0.05, 0.1) is 12.2 Å². The van der Waals surface area contributed by atoms with Gasteiger partial charge in [-0.2, -0.15) is 0 Å². The van der Waals surface area contributed by atoms with Crippen molar-refractivity contribution in [2.75, 3.05) is 37.3 Å². The van der Waals surface area contributed by atoms with E-state index in [0.717, 1.165) is 17.9 Å². The number of benzene rings is 2. The van der Waals surface area contributed by atoms with Gasteiger partial charge in [0.15, 0.2) is 6.29 Å². The number of nitrogens with one attached hydrogen (secondary N) is 2. The number of allylic oxidation sites excluding steroid dienone is 1. The number of fused-ring (bicyclic) bond motifs is 1. The van der Waals surface area contributed by atoms with Crippen LogP contribution in [0, 0.1) is 11.8 Å². The molecule has 11 heteroatoms. The van der Waals surface area contributed by atoms with E-state index in [9.17, 15) is 19.4 Å². The lowest BCUT2D eigenvalue weighted by molar-refractivity contribution is -0.125. The zero-order valence-electron chi connectivity index (χ0n) is 26.0. The molecule has 3 aromatic rings. The van der Waals surface area contributed by atoms with Gasteiger partial charge in [-0.15, -0.1) is 0 Å². The van der Waals surface area contributed by atoms with Crippen molar-refractivity contribution in [2.45, 2.75) is 32.8 Å². The zero-order chi connectivity index (χ0) is 32.4. The Kier molecular flexibility index (Phi) is 11.8. The first-order valence-corrected chi connectivity index (χ1v) is 16.2.